The standard InChI is InChI=1S/C17H27N3O4S.HI/c1-5-25(21,22)9-7-19-17(18-2)20-8-6-13-10-15(23-3)16(24-4)11-14(13)12-20;/h10-11H,5-9,12H2,1-4H3,(H,18,19);1H. The lowest BCUT2D eigenvalue weighted by molar-refractivity contribution is 0.346. The molecule has 1 aliphatic rings. The number of hydrogen-bond donors (Lipinski definition) is 1. The summed E-state index contributed by atoms with van der Waals surface area (Å²) < 4.78 is 34.0. The monoisotopic (exact) mass is 497 g/mol. The summed E-state index contributed by atoms with van der Waals surface area (Å²) >= 11 is 0. The molecule has 0 unspecified atom stereocenters. The lowest BCUT2D eigenvalue weighted by atomic mass is 9.99. The molecular formula is C17H28IN3O4S. The molecule has 0 spiro atoms. The van der Waals surface area contributed by atoms with Crippen molar-refractivity contribution in [1.29, 1.82) is 0 Å². The van der Waals surface area contributed by atoms with Crippen LogP contribution < -0.4 is 14.8 Å². The number of nitrogens with one attached hydrogen (secondary N) is 1. The molecule has 0 fully saturated rings. The van der Waals surface area contributed by atoms with Crippen molar-refractivity contribution in [3.8, 4) is 11.5 Å². The second-order valence-electron chi connectivity index (χ2n) is 5.86. The van der Waals surface area contributed by atoms with Gasteiger partial charge in [0, 0.05) is 32.4 Å². The van der Waals surface area contributed by atoms with Gasteiger partial charge >= 0.3 is 0 Å². The fourth-order valence-corrected chi connectivity index (χ4v) is 3.56. The molecule has 0 radical (unpaired) electrons. The van der Waals surface area contributed by atoms with Crippen LogP contribution in [-0.4, -0.2) is 65.1 Å². The molecule has 0 aromatic heterocycles. The number of guanidine groups is 1. The minimum Gasteiger partial charge on any atom is -0.493 e. The molecule has 0 saturated heterocycles. The van der Waals surface area contributed by atoms with E-state index in [0.717, 1.165) is 24.3 Å². The Morgan fingerprint density at radius 2 is 1.85 bits per heavy atom. The molecule has 0 saturated carbocycles. The molecule has 1 aromatic rings. The van der Waals surface area contributed by atoms with Crippen molar-refractivity contribution in [2.75, 3.05) is 45.9 Å². The molecule has 0 bridgehead atoms. The Morgan fingerprint density at radius 3 is 2.38 bits per heavy atom. The van der Waals surface area contributed by atoms with E-state index in [4.69, 9.17) is 9.47 Å². The second-order valence-corrected chi connectivity index (χ2v) is 8.33. The smallest absolute Gasteiger partial charge is 0.193 e. The van der Waals surface area contributed by atoms with Crippen LogP contribution in [0.15, 0.2) is 17.1 Å². The minimum absolute atomic E-state index is 0. The molecule has 9 heteroatoms. The fraction of sp³-hybridized carbons (Fsp3) is 0.588. The first-order chi connectivity index (χ1) is 11.9. The van der Waals surface area contributed by atoms with E-state index in [1.165, 1.54) is 5.56 Å². The van der Waals surface area contributed by atoms with Gasteiger partial charge in [-0.2, -0.15) is 0 Å². The minimum atomic E-state index is -2.99. The molecule has 148 valence electrons. The Balaban J connectivity index is 0.00000338. The van der Waals surface area contributed by atoms with Crippen molar-refractivity contribution < 1.29 is 17.9 Å². The Bertz CT molecular complexity index is 738. The highest BCUT2D eigenvalue weighted by Gasteiger charge is 2.21. The van der Waals surface area contributed by atoms with Crippen molar-refractivity contribution in [2.45, 2.75) is 19.9 Å². The van der Waals surface area contributed by atoms with Crippen LogP contribution in [0.1, 0.15) is 18.1 Å². The zero-order valence-corrected chi connectivity index (χ0v) is 18.9. The summed E-state index contributed by atoms with van der Waals surface area (Å²) in [5, 5.41) is 3.15. The zero-order valence-electron chi connectivity index (χ0n) is 15.7. The zero-order chi connectivity index (χ0) is 18.4. The first-order valence-electron chi connectivity index (χ1n) is 8.33. The molecule has 26 heavy (non-hydrogen) atoms. The van der Waals surface area contributed by atoms with Crippen LogP contribution >= 0.6 is 24.0 Å². The van der Waals surface area contributed by atoms with E-state index < -0.39 is 9.84 Å². The summed E-state index contributed by atoms with van der Waals surface area (Å²) in [5.41, 5.74) is 2.39. The van der Waals surface area contributed by atoms with E-state index in [1.807, 2.05) is 12.1 Å². The van der Waals surface area contributed by atoms with Gasteiger partial charge in [0.05, 0.1) is 20.0 Å². The molecule has 1 aromatic carbocycles. The highest BCUT2D eigenvalue weighted by atomic mass is 127. The highest BCUT2D eigenvalue weighted by Crippen LogP contribution is 2.33. The number of methoxy groups -OCH3 is 2. The summed E-state index contributed by atoms with van der Waals surface area (Å²) in [6.07, 6.45) is 0.865. The predicted molar refractivity (Wildman–Crippen MR) is 115 cm³/mol. The maximum atomic E-state index is 11.6. The number of benzene rings is 1. The Labute approximate surface area is 173 Å². The number of halogens is 1. The third kappa shape index (κ3) is 5.63. The topological polar surface area (TPSA) is 80.2 Å². The first-order valence-corrected chi connectivity index (χ1v) is 10.2. The number of fused-ring (bicyclic) bond motifs is 1. The van der Waals surface area contributed by atoms with Crippen LogP contribution in [-0.2, 0) is 22.8 Å². The van der Waals surface area contributed by atoms with E-state index in [9.17, 15) is 8.42 Å². The molecule has 1 heterocycles. The summed E-state index contributed by atoms with van der Waals surface area (Å²) in [5.74, 6) is 2.43. The maximum absolute atomic E-state index is 11.6. The van der Waals surface area contributed by atoms with Crippen LogP contribution in [0.3, 0.4) is 0 Å². The molecule has 0 amide bonds. The van der Waals surface area contributed by atoms with E-state index >= 15 is 0 Å². The average Bonchev–Trinajstić information content (AvgIpc) is 2.63. The van der Waals surface area contributed by atoms with Crippen LogP contribution in [0.2, 0.25) is 0 Å². The van der Waals surface area contributed by atoms with Gasteiger partial charge in [-0.25, -0.2) is 8.42 Å². The van der Waals surface area contributed by atoms with Crippen molar-refractivity contribution in [1.82, 2.24) is 10.2 Å². The van der Waals surface area contributed by atoms with Crippen molar-refractivity contribution in [3.63, 3.8) is 0 Å². The molecule has 2 rings (SSSR count). The van der Waals surface area contributed by atoms with E-state index in [1.54, 1.807) is 28.2 Å². The third-order valence-electron chi connectivity index (χ3n) is 4.37. The predicted octanol–water partition coefficient (Wildman–Crippen LogP) is 1.69. The van der Waals surface area contributed by atoms with E-state index in [2.05, 4.69) is 15.2 Å². The number of aliphatic imine (C=N–C) groups is 1. The van der Waals surface area contributed by atoms with Crippen LogP contribution in [0.4, 0.5) is 0 Å². The van der Waals surface area contributed by atoms with Gasteiger partial charge in [-0.15, -0.1) is 24.0 Å². The molecule has 7 nitrogen and oxygen atoms in total. The van der Waals surface area contributed by atoms with Gasteiger partial charge in [0.1, 0.15) is 0 Å². The van der Waals surface area contributed by atoms with Gasteiger partial charge in [0.2, 0.25) is 0 Å². The summed E-state index contributed by atoms with van der Waals surface area (Å²) in [6.45, 7) is 3.52. The fourth-order valence-electron chi connectivity index (χ4n) is 2.86. The van der Waals surface area contributed by atoms with Gasteiger partial charge in [0.25, 0.3) is 0 Å². The normalized spacial score (nSPS) is 14.3. The number of ether oxygens (including phenoxy) is 2. The quantitative estimate of drug-likeness (QED) is 0.366. The number of hydrogen-bond acceptors (Lipinski definition) is 5. The number of rotatable bonds is 6. The Hall–Kier alpha value is -1.23. The third-order valence-corrected chi connectivity index (χ3v) is 6.07. The van der Waals surface area contributed by atoms with E-state index in [0.29, 0.717) is 24.8 Å². The SMILES string of the molecule is CCS(=O)(=O)CCNC(=NC)N1CCc2cc(OC)c(OC)cc2C1.I. The average molecular weight is 497 g/mol. The molecule has 1 N–H and O–H groups in total. The van der Waals surface area contributed by atoms with Gasteiger partial charge in [-0.05, 0) is 29.7 Å². The summed E-state index contributed by atoms with van der Waals surface area (Å²) in [7, 11) is 1.98. The van der Waals surface area contributed by atoms with Crippen LogP contribution in [0.5, 0.6) is 11.5 Å². The molecular weight excluding hydrogens is 469 g/mol. The van der Waals surface area contributed by atoms with Crippen LogP contribution in [0.25, 0.3) is 0 Å². The largest absolute Gasteiger partial charge is 0.493 e. The second kappa shape index (κ2) is 10.2. The van der Waals surface area contributed by atoms with Gasteiger partial charge in [-0.3, -0.25) is 4.99 Å². The first kappa shape index (κ1) is 22.8. The number of sulfone groups is 1. The van der Waals surface area contributed by atoms with Crippen molar-refractivity contribution in [2.24, 2.45) is 4.99 Å². The maximum Gasteiger partial charge on any atom is 0.193 e. The summed E-state index contributed by atoms with van der Waals surface area (Å²) in [6, 6.07) is 4.02. The van der Waals surface area contributed by atoms with Gasteiger partial charge in [0.15, 0.2) is 27.3 Å². The van der Waals surface area contributed by atoms with Crippen molar-refractivity contribution in [3.05, 3.63) is 23.3 Å². The Morgan fingerprint density at radius 1 is 1.23 bits per heavy atom. The molecule has 0 atom stereocenters. The molecule has 0 aliphatic carbocycles. The highest BCUT2D eigenvalue weighted by molar-refractivity contribution is 14.0. The lowest BCUT2D eigenvalue weighted by Gasteiger charge is -2.32. The molecule has 1 aliphatic heterocycles. The Kier molecular flexibility index (Phi) is 8.94. The number of nitrogens with zero attached hydrogens (tertiary/aromatic N) is 2. The van der Waals surface area contributed by atoms with E-state index in [-0.39, 0.29) is 35.5 Å². The van der Waals surface area contributed by atoms with Gasteiger partial charge < -0.3 is 19.7 Å². The van der Waals surface area contributed by atoms with Gasteiger partial charge in [-0.1, -0.05) is 6.92 Å². The van der Waals surface area contributed by atoms with Crippen LogP contribution in [0, 0.1) is 0 Å². The summed E-state index contributed by atoms with van der Waals surface area (Å²) in [4.78, 5) is 6.40. The van der Waals surface area contributed by atoms with Crippen molar-refractivity contribution >= 4 is 39.8 Å². The lowest BCUT2D eigenvalue weighted by Crippen LogP contribution is -2.45.